The molecule has 1 rings (SSSR count). The summed E-state index contributed by atoms with van der Waals surface area (Å²) in [5.41, 5.74) is 2.79. The van der Waals surface area contributed by atoms with E-state index < -0.39 is 0 Å². The fourth-order valence-corrected chi connectivity index (χ4v) is 1.99. The monoisotopic (exact) mass is 269 g/mol. The number of hydrogen-bond donors (Lipinski definition) is 0. The summed E-state index contributed by atoms with van der Waals surface area (Å²) in [7, 11) is 0. The molecule has 1 aromatic carbocycles. The van der Waals surface area contributed by atoms with Crippen LogP contribution in [0, 0.1) is 0 Å². The first kappa shape index (κ1) is 9.90. The molecule has 0 spiro atoms. The van der Waals surface area contributed by atoms with Crippen LogP contribution in [-0.4, -0.2) is 22.9 Å². The topological polar surface area (TPSA) is 9.23 Å². The normalized spacial score (nSPS) is 9.92. The molecule has 63 valence electrons. The fraction of sp³-hybridized carbons (Fsp3) is 0.400. The average molecular weight is 268 g/mol. The van der Waals surface area contributed by atoms with Crippen molar-refractivity contribution in [2.45, 2.75) is 26.7 Å². The quantitative estimate of drug-likeness (QED) is 0.764. The molecule has 0 heterocycles. The van der Waals surface area contributed by atoms with Gasteiger partial charge in [0, 0.05) is 0 Å². The van der Waals surface area contributed by atoms with Crippen LogP contribution in [0.15, 0.2) is 18.2 Å². The van der Waals surface area contributed by atoms with Crippen LogP contribution in [0.1, 0.15) is 25.0 Å². The Morgan fingerprint density at radius 3 is 2.50 bits per heavy atom. The minimum absolute atomic E-state index is 1.06. The molecule has 0 N–H and O–H groups in total. The first-order chi connectivity index (χ1) is 5.83. The molecular formula is C10H13OSn. The van der Waals surface area contributed by atoms with Gasteiger partial charge in [0.25, 0.3) is 0 Å². The predicted molar refractivity (Wildman–Crippen MR) is 51.6 cm³/mol. The van der Waals surface area contributed by atoms with E-state index in [4.69, 9.17) is 3.07 Å². The molecule has 0 unspecified atom stereocenters. The molecule has 0 aliphatic rings. The Balaban J connectivity index is 3.13. The molecule has 3 radical (unpaired) electrons. The van der Waals surface area contributed by atoms with Crippen LogP contribution in [0.25, 0.3) is 0 Å². The standard InChI is InChI=1S/C10H14O.Sn/c1-3-8-6-5-7-10(11)9(8)4-2;/h5-7,11H,3-4H2,1-2H3;/q;+1/p-1. The Labute approximate surface area is 87.8 Å². The minimum atomic E-state index is 1.06. The van der Waals surface area contributed by atoms with E-state index in [1.165, 1.54) is 11.1 Å². The van der Waals surface area contributed by atoms with Crippen LogP contribution in [0.2, 0.25) is 0 Å². The van der Waals surface area contributed by atoms with Crippen molar-refractivity contribution in [3.05, 3.63) is 29.3 Å². The second-order valence-corrected chi connectivity index (χ2v) is 3.29. The molecule has 0 saturated carbocycles. The molecule has 1 nitrogen and oxygen atoms in total. The predicted octanol–water partition coefficient (Wildman–Crippen LogP) is 2.27. The van der Waals surface area contributed by atoms with Gasteiger partial charge < -0.3 is 0 Å². The van der Waals surface area contributed by atoms with Crippen LogP contribution >= 0.6 is 0 Å². The van der Waals surface area contributed by atoms with Gasteiger partial charge in [0.05, 0.1) is 0 Å². The molecular weight excluding hydrogens is 255 g/mol. The molecule has 0 saturated heterocycles. The summed E-state index contributed by atoms with van der Waals surface area (Å²) in [5.74, 6) is 1.06. The third-order valence-corrected chi connectivity index (χ3v) is 2.70. The van der Waals surface area contributed by atoms with Crippen molar-refractivity contribution in [3.8, 4) is 5.75 Å². The summed E-state index contributed by atoms with van der Waals surface area (Å²) in [6, 6.07) is 6.29. The van der Waals surface area contributed by atoms with E-state index in [1.807, 2.05) is 6.07 Å². The van der Waals surface area contributed by atoms with E-state index >= 15 is 0 Å². The summed E-state index contributed by atoms with van der Waals surface area (Å²) >= 11 is 1.11. The Kier molecular flexibility index (Phi) is 3.92. The zero-order valence-electron chi connectivity index (χ0n) is 7.55. The molecule has 12 heavy (non-hydrogen) atoms. The van der Waals surface area contributed by atoms with Gasteiger partial charge in [-0.25, -0.2) is 0 Å². The Bertz CT molecular complexity index is 236. The summed E-state index contributed by atoms with van der Waals surface area (Å²) in [6.07, 6.45) is 2.16. The van der Waals surface area contributed by atoms with Gasteiger partial charge in [-0.2, -0.15) is 0 Å². The van der Waals surface area contributed by atoms with E-state index in [2.05, 4.69) is 26.0 Å². The van der Waals surface area contributed by atoms with Crippen molar-refractivity contribution in [2.75, 3.05) is 0 Å². The maximum absolute atomic E-state index is 5.37. The number of aryl methyl sites for hydroxylation is 1. The number of hydrogen-bond acceptors (Lipinski definition) is 1. The third kappa shape index (κ3) is 1.94. The van der Waals surface area contributed by atoms with Gasteiger partial charge in [0.2, 0.25) is 0 Å². The van der Waals surface area contributed by atoms with Gasteiger partial charge >= 0.3 is 87.8 Å². The van der Waals surface area contributed by atoms with Crippen LogP contribution in [0.3, 0.4) is 0 Å². The summed E-state index contributed by atoms with van der Waals surface area (Å²) < 4.78 is 5.37. The Hall–Kier alpha value is -0.181. The van der Waals surface area contributed by atoms with Crippen LogP contribution in [-0.2, 0) is 12.8 Å². The van der Waals surface area contributed by atoms with E-state index in [-0.39, 0.29) is 0 Å². The third-order valence-electron chi connectivity index (χ3n) is 2.07. The zero-order chi connectivity index (χ0) is 8.97. The van der Waals surface area contributed by atoms with Gasteiger partial charge in [0.1, 0.15) is 0 Å². The van der Waals surface area contributed by atoms with Crippen molar-refractivity contribution >= 4 is 22.9 Å². The van der Waals surface area contributed by atoms with Gasteiger partial charge in [-0.1, -0.05) is 0 Å². The van der Waals surface area contributed by atoms with E-state index in [1.54, 1.807) is 0 Å². The Morgan fingerprint density at radius 1 is 1.25 bits per heavy atom. The molecule has 0 amide bonds. The van der Waals surface area contributed by atoms with Crippen LogP contribution in [0.5, 0.6) is 5.75 Å². The van der Waals surface area contributed by atoms with Gasteiger partial charge in [-0.15, -0.1) is 0 Å². The molecule has 0 aliphatic carbocycles. The van der Waals surface area contributed by atoms with Crippen molar-refractivity contribution in [1.29, 1.82) is 0 Å². The van der Waals surface area contributed by atoms with Crippen molar-refractivity contribution in [3.63, 3.8) is 0 Å². The summed E-state index contributed by atoms with van der Waals surface area (Å²) in [4.78, 5) is 0. The number of benzene rings is 1. The molecule has 0 bridgehead atoms. The van der Waals surface area contributed by atoms with E-state index in [9.17, 15) is 0 Å². The van der Waals surface area contributed by atoms with E-state index in [0.29, 0.717) is 0 Å². The van der Waals surface area contributed by atoms with Crippen molar-refractivity contribution in [2.24, 2.45) is 0 Å². The van der Waals surface area contributed by atoms with Crippen LogP contribution in [0.4, 0.5) is 0 Å². The van der Waals surface area contributed by atoms with Gasteiger partial charge in [-0.3, -0.25) is 0 Å². The van der Waals surface area contributed by atoms with E-state index in [0.717, 1.165) is 41.5 Å². The van der Waals surface area contributed by atoms with Gasteiger partial charge in [0.15, 0.2) is 0 Å². The average Bonchev–Trinajstić information content (AvgIpc) is 2.16. The SMILES string of the molecule is CCc1cccc([O][Sn])c1CC. The molecule has 0 fully saturated rings. The first-order valence-corrected chi connectivity index (χ1v) is 5.44. The molecule has 1 aromatic rings. The van der Waals surface area contributed by atoms with Crippen molar-refractivity contribution < 1.29 is 3.07 Å². The van der Waals surface area contributed by atoms with Gasteiger partial charge in [-0.05, 0) is 0 Å². The Morgan fingerprint density at radius 2 is 2.00 bits per heavy atom. The molecule has 2 heteroatoms. The molecule has 0 atom stereocenters. The second kappa shape index (κ2) is 4.75. The van der Waals surface area contributed by atoms with Crippen molar-refractivity contribution in [1.82, 2.24) is 0 Å². The second-order valence-electron chi connectivity index (χ2n) is 2.70. The zero-order valence-corrected chi connectivity index (χ0v) is 10.4. The summed E-state index contributed by atoms with van der Waals surface area (Å²) in [5, 5.41) is 0. The molecule has 0 aromatic heterocycles. The number of rotatable bonds is 3. The van der Waals surface area contributed by atoms with Crippen LogP contribution < -0.4 is 3.07 Å². The maximum atomic E-state index is 5.37. The first-order valence-electron chi connectivity index (χ1n) is 4.27. The molecule has 0 aliphatic heterocycles. The fourth-order valence-electron chi connectivity index (χ4n) is 1.44. The summed E-state index contributed by atoms with van der Waals surface area (Å²) in [6.45, 7) is 4.36.